The zero-order valence-corrected chi connectivity index (χ0v) is 14.3. The van der Waals surface area contributed by atoms with E-state index in [1.165, 1.54) is 6.20 Å². The van der Waals surface area contributed by atoms with Gasteiger partial charge in [-0.2, -0.15) is 5.26 Å². The molecule has 1 aromatic heterocycles. The van der Waals surface area contributed by atoms with Crippen LogP contribution in [-0.2, 0) is 11.3 Å². The van der Waals surface area contributed by atoms with Crippen molar-refractivity contribution in [1.82, 2.24) is 9.88 Å². The van der Waals surface area contributed by atoms with Crippen molar-refractivity contribution in [2.45, 2.75) is 6.61 Å². The highest BCUT2D eigenvalue weighted by molar-refractivity contribution is 6.30. The quantitative estimate of drug-likeness (QED) is 0.845. The molecule has 7 heteroatoms. The SMILES string of the molecule is N#Cc1cc(Cl)cnc1N1CCN(C(=O)OCc2ccccc2)CC1. The molecule has 0 bridgehead atoms. The Bertz CT molecular complexity index is 783. The molecule has 1 aliphatic heterocycles. The molecule has 25 heavy (non-hydrogen) atoms. The second-order valence-corrected chi connectivity index (χ2v) is 6.09. The summed E-state index contributed by atoms with van der Waals surface area (Å²) in [4.78, 5) is 20.1. The minimum Gasteiger partial charge on any atom is -0.445 e. The van der Waals surface area contributed by atoms with Crippen LogP contribution in [0.15, 0.2) is 42.6 Å². The zero-order chi connectivity index (χ0) is 17.6. The number of pyridine rings is 1. The Morgan fingerprint density at radius 2 is 1.96 bits per heavy atom. The van der Waals surface area contributed by atoms with E-state index in [9.17, 15) is 10.1 Å². The van der Waals surface area contributed by atoms with Gasteiger partial charge in [0.15, 0.2) is 0 Å². The number of carbonyl (C=O) groups excluding carboxylic acids is 1. The maximum absolute atomic E-state index is 12.2. The summed E-state index contributed by atoms with van der Waals surface area (Å²) in [6.45, 7) is 2.47. The van der Waals surface area contributed by atoms with Gasteiger partial charge in [0.25, 0.3) is 0 Å². The number of hydrogen-bond donors (Lipinski definition) is 0. The number of aromatic nitrogens is 1. The van der Waals surface area contributed by atoms with Crippen molar-refractivity contribution in [1.29, 1.82) is 5.26 Å². The maximum Gasteiger partial charge on any atom is 0.410 e. The first-order chi connectivity index (χ1) is 12.2. The van der Waals surface area contributed by atoms with Crippen molar-refractivity contribution >= 4 is 23.5 Å². The summed E-state index contributed by atoms with van der Waals surface area (Å²) in [5.41, 5.74) is 1.39. The number of benzene rings is 1. The Morgan fingerprint density at radius 3 is 2.64 bits per heavy atom. The molecule has 1 saturated heterocycles. The number of anilines is 1. The first-order valence-corrected chi connectivity index (χ1v) is 8.31. The summed E-state index contributed by atoms with van der Waals surface area (Å²) >= 11 is 5.88. The van der Waals surface area contributed by atoms with E-state index in [1.54, 1.807) is 11.0 Å². The molecule has 0 saturated carbocycles. The Kier molecular flexibility index (Phi) is 5.36. The molecule has 1 fully saturated rings. The smallest absolute Gasteiger partial charge is 0.410 e. The molecule has 0 spiro atoms. The second-order valence-electron chi connectivity index (χ2n) is 5.65. The van der Waals surface area contributed by atoms with Gasteiger partial charge in [-0.15, -0.1) is 0 Å². The molecule has 2 heterocycles. The third-order valence-corrected chi connectivity index (χ3v) is 4.20. The molecule has 1 amide bonds. The van der Waals surface area contributed by atoms with Crippen LogP contribution in [0, 0.1) is 11.3 Å². The number of hydrogen-bond acceptors (Lipinski definition) is 5. The largest absolute Gasteiger partial charge is 0.445 e. The average molecular weight is 357 g/mol. The molecule has 0 N–H and O–H groups in total. The van der Waals surface area contributed by atoms with Gasteiger partial charge in [-0.1, -0.05) is 41.9 Å². The summed E-state index contributed by atoms with van der Waals surface area (Å²) in [6, 6.07) is 13.3. The van der Waals surface area contributed by atoms with Gasteiger partial charge in [0, 0.05) is 32.4 Å². The van der Waals surface area contributed by atoms with E-state index in [0.29, 0.717) is 42.6 Å². The van der Waals surface area contributed by atoms with Crippen LogP contribution in [0.5, 0.6) is 0 Å². The van der Waals surface area contributed by atoms with Gasteiger partial charge in [-0.25, -0.2) is 9.78 Å². The third-order valence-electron chi connectivity index (χ3n) is 4.00. The molecule has 0 atom stereocenters. The minimum absolute atomic E-state index is 0.261. The van der Waals surface area contributed by atoms with E-state index in [4.69, 9.17) is 16.3 Å². The van der Waals surface area contributed by atoms with Crippen molar-refractivity contribution in [3.8, 4) is 6.07 Å². The number of piperazine rings is 1. The predicted molar refractivity (Wildman–Crippen MR) is 94.4 cm³/mol. The van der Waals surface area contributed by atoms with Crippen LogP contribution in [0.2, 0.25) is 5.02 Å². The fourth-order valence-corrected chi connectivity index (χ4v) is 2.84. The van der Waals surface area contributed by atoms with Crippen molar-refractivity contribution in [2.75, 3.05) is 31.1 Å². The number of carbonyl (C=O) groups is 1. The van der Waals surface area contributed by atoms with Gasteiger partial charge < -0.3 is 14.5 Å². The predicted octanol–water partition coefficient (Wildman–Crippen LogP) is 3.07. The average Bonchev–Trinajstić information content (AvgIpc) is 2.67. The van der Waals surface area contributed by atoms with Gasteiger partial charge in [0.1, 0.15) is 18.5 Å². The second kappa shape index (κ2) is 7.86. The molecule has 3 rings (SSSR count). The molecule has 128 valence electrons. The van der Waals surface area contributed by atoms with Crippen LogP contribution in [-0.4, -0.2) is 42.2 Å². The van der Waals surface area contributed by atoms with E-state index in [1.807, 2.05) is 35.2 Å². The van der Waals surface area contributed by atoms with Crippen molar-refractivity contribution in [3.63, 3.8) is 0 Å². The lowest BCUT2D eigenvalue weighted by atomic mass is 10.2. The minimum atomic E-state index is -0.326. The van der Waals surface area contributed by atoms with Gasteiger partial charge in [-0.3, -0.25) is 0 Å². The molecule has 1 aliphatic rings. The lowest BCUT2D eigenvalue weighted by Crippen LogP contribution is -2.49. The Morgan fingerprint density at radius 1 is 1.24 bits per heavy atom. The third kappa shape index (κ3) is 4.20. The first-order valence-electron chi connectivity index (χ1n) is 7.93. The van der Waals surface area contributed by atoms with Gasteiger partial charge >= 0.3 is 6.09 Å². The van der Waals surface area contributed by atoms with Crippen LogP contribution < -0.4 is 4.90 Å². The van der Waals surface area contributed by atoms with E-state index in [0.717, 1.165) is 5.56 Å². The van der Waals surface area contributed by atoms with Crippen molar-refractivity contribution in [2.24, 2.45) is 0 Å². The topological polar surface area (TPSA) is 69.5 Å². The van der Waals surface area contributed by atoms with Crippen LogP contribution in [0.25, 0.3) is 0 Å². The molecule has 0 unspecified atom stereocenters. The molecule has 1 aromatic carbocycles. The number of halogens is 1. The van der Waals surface area contributed by atoms with E-state index in [-0.39, 0.29) is 12.7 Å². The number of amides is 1. The van der Waals surface area contributed by atoms with Gasteiger partial charge in [0.05, 0.1) is 10.6 Å². The van der Waals surface area contributed by atoms with Crippen LogP contribution in [0.4, 0.5) is 10.6 Å². The molecule has 2 aromatic rings. The van der Waals surface area contributed by atoms with E-state index in [2.05, 4.69) is 11.1 Å². The van der Waals surface area contributed by atoms with Crippen LogP contribution in [0.3, 0.4) is 0 Å². The summed E-state index contributed by atoms with van der Waals surface area (Å²) in [6.07, 6.45) is 1.20. The van der Waals surface area contributed by atoms with E-state index < -0.39 is 0 Å². The standard InChI is InChI=1S/C18H17ClN4O2/c19-16-10-15(11-20)17(21-12-16)22-6-8-23(9-7-22)18(24)25-13-14-4-2-1-3-5-14/h1-5,10,12H,6-9,13H2. The highest BCUT2D eigenvalue weighted by Gasteiger charge is 2.24. The highest BCUT2D eigenvalue weighted by Crippen LogP contribution is 2.22. The summed E-state index contributed by atoms with van der Waals surface area (Å²) in [5, 5.41) is 9.67. The van der Waals surface area contributed by atoms with Crippen molar-refractivity contribution < 1.29 is 9.53 Å². The van der Waals surface area contributed by atoms with Crippen LogP contribution >= 0.6 is 11.6 Å². The monoisotopic (exact) mass is 356 g/mol. The maximum atomic E-state index is 12.2. The van der Waals surface area contributed by atoms with E-state index >= 15 is 0 Å². The molecule has 0 aliphatic carbocycles. The summed E-state index contributed by atoms with van der Waals surface area (Å²) in [5.74, 6) is 0.601. The summed E-state index contributed by atoms with van der Waals surface area (Å²) in [7, 11) is 0. The van der Waals surface area contributed by atoms with Crippen molar-refractivity contribution in [3.05, 3.63) is 58.7 Å². The summed E-state index contributed by atoms with van der Waals surface area (Å²) < 4.78 is 5.35. The van der Waals surface area contributed by atoms with Gasteiger partial charge in [0.2, 0.25) is 0 Å². The fourth-order valence-electron chi connectivity index (χ4n) is 2.68. The highest BCUT2D eigenvalue weighted by atomic mass is 35.5. The number of nitriles is 1. The molecule has 0 radical (unpaired) electrons. The number of ether oxygens (including phenoxy) is 1. The van der Waals surface area contributed by atoms with Crippen LogP contribution in [0.1, 0.15) is 11.1 Å². The lowest BCUT2D eigenvalue weighted by Gasteiger charge is -2.35. The Labute approximate surface area is 151 Å². The zero-order valence-electron chi connectivity index (χ0n) is 13.6. The Balaban J connectivity index is 1.55. The molecular formula is C18H17ClN4O2. The number of rotatable bonds is 3. The normalized spacial score (nSPS) is 14.1. The molecule has 6 nitrogen and oxygen atoms in total. The number of nitrogens with zero attached hydrogens (tertiary/aromatic N) is 4. The first kappa shape index (κ1) is 17.1. The molecular weight excluding hydrogens is 340 g/mol. The van der Waals surface area contributed by atoms with Gasteiger partial charge in [-0.05, 0) is 11.6 Å². The lowest BCUT2D eigenvalue weighted by molar-refractivity contribution is 0.0941. The fraction of sp³-hybridized carbons (Fsp3) is 0.278. The Hall–Kier alpha value is -2.78.